The molecule has 0 saturated carbocycles. The van der Waals surface area contributed by atoms with E-state index in [1.165, 1.54) is 16.3 Å². The van der Waals surface area contributed by atoms with E-state index in [0.29, 0.717) is 5.82 Å². The van der Waals surface area contributed by atoms with Crippen LogP contribution in [0.3, 0.4) is 0 Å². The fourth-order valence-corrected chi connectivity index (χ4v) is 6.94. The molecule has 52 heavy (non-hydrogen) atoms. The van der Waals surface area contributed by atoms with Gasteiger partial charge in [0.2, 0.25) is 0 Å². The van der Waals surface area contributed by atoms with Crippen LogP contribution in [-0.2, 0) is 0 Å². The molecule has 0 spiro atoms. The van der Waals surface area contributed by atoms with Crippen LogP contribution in [0.4, 0.5) is 0 Å². The topological polar surface area (TPSA) is 38.7 Å². The molecule has 0 bridgehead atoms. The molecule has 3 heteroatoms. The van der Waals surface area contributed by atoms with Crippen molar-refractivity contribution in [1.29, 1.82) is 0 Å². The standard InChI is InChI=1S/C49H33N3/c1-4-14-35(15-5-1)43-31-46(42-21-12-28-50-33-42)44(36-16-6-2-7-17-36)30-45(43)37-23-25-38(26-24-37)47-32-48(52-49(51-47)39-18-8-3-9-19-39)41-27-22-34-13-10-11-20-40(34)29-41/h1-33H. The number of aromatic nitrogens is 3. The van der Waals surface area contributed by atoms with Gasteiger partial charge in [-0.1, -0.05) is 158 Å². The normalized spacial score (nSPS) is 11.1. The molecule has 0 unspecified atom stereocenters. The van der Waals surface area contributed by atoms with Gasteiger partial charge in [-0.25, -0.2) is 9.97 Å². The first-order chi connectivity index (χ1) is 25.8. The number of benzene rings is 7. The average molecular weight is 664 g/mol. The summed E-state index contributed by atoms with van der Waals surface area (Å²) in [6.07, 6.45) is 3.77. The van der Waals surface area contributed by atoms with Crippen LogP contribution in [0.1, 0.15) is 0 Å². The van der Waals surface area contributed by atoms with E-state index >= 15 is 0 Å². The van der Waals surface area contributed by atoms with Crippen molar-refractivity contribution in [2.45, 2.75) is 0 Å². The summed E-state index contributed by atoms with van der Waals surface area (Å²) in [5, 5.41) is 2.39. The van der Waals surface area contributed by atoms with Crippen LogP contribution < -0.4 is 0 Å². The van der Waals surface area contributed by atoms with Gasteiger partial charge in [0, 0.05) is 34.6 Å². The zero-order chi connectivity index (χ0) is 34.7. The summed E-state index contributed by atoms with van der Waals surface area (Å²) in [5.74, 6) is 0.704. The third-order valence-electron chi connectivity index (χ3n) is 9.59. The Kier molecular flexibility index (Phi) is 8.20. The number of fused-ring (bicyclic) bond motifs is 1. The predicted octanol–water partition coefficient (Wildman–Crippen LogP) is 12.7. The highest BCUT2D eigenvalue weighted by Gasteiger charge is 2.17. The summed E-state index contributed by atoms with van der Waals surface area (Å²) in [6, 6.07) is 66.1. The summed E-state index contributed by atoms with van der Waals surface area (Å²) in [5.41, 5.74) is 14.0. The monoisotopic (exact) mass is 663 g/mol. The van der Waals surface area contributed by atoms with E-state index in [0.717, 1.165) is 67.0 Å². The van der Waals surface area contributed by atoms with E-state index in [1.807, 2.05) is 36.7 Å². The minimum Gasteiger partial charge on any atom is -0.264 e. The highest BCUT2D eigenvalue weighted by molar-refractivity contribution is 5.95. The van der Waals surface area contributed by atoms with Crippen molar-refractivity contribution in [3.8, 4) is 78.4 Å². The third-order valence-corrected chi connectivity index (χ3v) is 9.59. The Labute approximate surface area is 303 Å². The summed E-state index contributed by atoms with van der Waals surface area (Å²) < 4.78 is 0. The Morgan fingerprint density at radius 2 is 0.750 bits per heavy atom. The number of rotatable bonds is 7. The maximum atomic E-state index is 5.11. The molecule has 9 aromatic rings. The van der Waals surface area contributed by atoms with E-state index < -0.39 is 0 Å². The predicted molar refractivity (Wildman–Crippen MR) is 215 cm³/mol. The molecule has 0 aliphatic rings. The van der Waals surface area contributed by atoms with Crippen molar-refractivity contribution in [2.24, 2.45) is 0 Å². The molecule has 0 fully saturated rings. The van der Waals surface area contributed by atoms with Crippen molar-refractivity contribution in [1.82, 2.24) is 15.0 Å². The Balaban J connectivity index is 1.19. The second kappa shape index (κ2) is 13.7. The van der Waals surface area contributed by atoms with Gasteiger partial charge in [-0.2, -0.15) is 0 Å². The fourth-order valence-electron chi connectivity index (χ4n) is 6.94. The molecular formula is C49H33N3. The van der Waals surface area contributed by atoms with Crippen molar-refractivity contribution in [2.75, 3.05) is 0 Å². The number of pyridine rings is 1. The van der Waals surface area contributed by atoms with Gasteiger partial charge >= 0.3 is 0 Å². The van der Waals surface area contributed by atoms with Crippen LogP contribution in [0.5, 0.6) is 0 Å². The Bertz CT molecular complexity index is 2640. The van der Waals surface area contributed by atoms with E-state index in [1.54, 1.807) is 0 Å². The molecule has 2 heterocycles. The number of hydrogen-bond acceptors (Lipinski definition) is 3. The first-order valence-electron chi connectivity index (χ1n) is 17.5. The zero-order valence-electron chi connectivity index (χ0n) is 28.4. The molecule has 0 aliphatic heterocycles. The first-order valence-corrected chi connectivity index (χ1v) is 17.5. The lowest BCUT2D eigenvalue weighted by atomic mass is 9.86. The maximum Gasteiger partial charge on any atom is 0.160 e. The lowest BCUT2D eigenvalue weighted by molar-refractivity contribution is 1.18. The van der Waals surface area contributed by atoms with E-state index in [4.69, 9.17) is 9.97 Å². The second-order valence-electron chi connectivity index (χ2n) is 12.9. The van der Waals surface area contributed by atoms with E-state index in [9.17, 15) is 0 Å². The Morgan fingerprint density at radius 1 is 0.288 bits per heavy atom. The van der Waals surface area contributed by atoms with Crippen LogP contribution in [0.25, 0.3) is 89.2 Å². The van der Waals surface area contributed by atoms with Gasteiger partial charge in [0.15, 0.2) is 5.82 Å². The molecule has 2 aromatic heterocycles. The van der Waals surface area contributed by atoms with Crippen LogP contribution in [-0.4, -0.2) is 15.0 Å². The average Bonchev–Trinajstić information content (AvgIpc) is 3.24. The second-order valence-corrected chi connectivity index (χ2v) is 12.9. The van der Waals surface area contributed by atoms with Gasteiger partial charge in [0.05, 0.1) is 11.4 Å². The third kappa shape index (κ3) is 6.17. The van der Waals surface area contributed by atoms with E-state index in [2.05, 4.69) is 169 Å². The summed E-state index contributed by atoms with van der Waals surface area (Å²) in [4.78, 5) is 14.7. The molecule has 7 aromatic carbocycles. The summed E-state index contributed by atoms with van der Waals surface area (Å²) in [7, 11) is 0. The Hall–Kier alpha value is -6.97. The van der Waals surface area contributed by atoms with Crippen molar-refractivity contribution >= 4 is 10.8 Å². The van der Waals surface area contributed by atoms with Crippen LogP contribution in [0.2, 0.25) is 0 Å². The molecule has 0 saturated heterocycles. The Morgan fingerprint density at radius 3 is 1.35 bits per heavy atom. The molecule has 3 nitrogen and oxygen atoms in total. The molecule has 0 atom stereocenters. The minimum absolute atomic E-state index is 0.704. The smallest absolute Gasteiger partial charge is 0.160 e. The van der Waals surface area contributed by atoms with Crippen molar-refractivity contribution < 1.29 is 0 Å². The van der Waals surface area contributed by atoms with Gasteiger partial charge < -0.3 is 0 Å². The summed E-state index contributed by atoms with van der Waals surface area (Å²) >= 11 is 0. The van der Waals surface area contributed by atoms with E-state index in [-0.39, 0.29) is 0 Å². The van der Waals surface area contributed by atoms with Crippen LogP contribution in [0.15, 0.2) is 200 Å². The molecule has 9 rings (SSSR count). The summed E-state index contributed by atoms with van der Waals surface area (Å²) in [6.45, 7) is 0. The highest BCUT2D eigenvalue weighted by Crippen LogP contribution is 2.42. The molecule has 0 aliphatic carbocycles. The largest absolute Gasteiger partial charge is 0.264 e. The number of nitrogens with zero attached hydrogens (tertiary/aromatic N) is 3. The van der Waals surface area contributed by atoms with Gasteiger partial charge in [0.1, 0.15) is 0 Å². The quantitative estimate of drug-likeness (QED) is 0.170. The fraction of sp³-hybridized carbons (Fsp3) is 0. The lowest BCUT2D eigenvalue weighted by Gasteiger charge is -2.18. The van der Waals surface area contributed by atoms with Crippen molar-refractivity contribution in [3.05, 3.63) is 200 Å². The maximum absolute atomic E-state index is 5.11. The van der Waals surface area contributed by atoms with Crippen LogP contribution >= 0.6 is 0 Å². The molecule has 244 valence electrons. The van der Waals surface area contributed by atoms with Gasteiger partial charge in [0.25, 0.3) is 0 Å². The molecule has 0 radical (unpaired) electrons. The van der Waals surface area contributed by atoms with Crippen molar-refractivity contribution in [3.63, 3.8) is 0 Å². The minimum atomic E-state index is 0.704. The first kappa shape index (κ1) is 31.0. The lowest BCUT2D eigenvalue weighted by Crippen LogP contribution is -1.96. The van der Waals surface area contributed by atoms with Gasteiger partial charge in [-0.3, -0.25) is 4.98 Å². The zero-order valence-corrected chi connectivity index (χ0v) is 28.4. The van der Waals surface area contributed by atoms with Gasteiger partial charge in [-0.05, 0) is 80.0 Å². The van der Waals surface area contributed by atoms with Gasteiger partial charge in [-0.15, -0.1) is 0 Å². The molecule has 0 N–H and O–H groups in total. The van der Waals surface area contributed by atoms with Crippen LogP contribution in [0, 0.1) is 0 Å². The SMILES string of the molecule is c1ccc(-c2nc(-c3ccc(-c4cc(-c5ccccc5)c(-c5cccnc5)cc4-c4ccccc4)cc3)cc(-c3ccc4ccccc4c3)n2)cc1. The molecular weight excluding hydrogens is 631 g/mol. The number of hydrogen-bond donors (Lipinski definition) is 0. The highest BCUT2D eigenvalue weighted by atomic mass is 14.9. The molecule has 0 amide bonds.